The smallest absolute Gasteiger partial charge is 0.298 e. The summed E-state index contributed by atoms with van der Waals surface area (Å²) >= 11 is 0. The van der Waals surface area contributed by atoms with Gasteiger partial charge in [0.1, 0.15) is 11.8 Å². The predicted molar refractivity (Wildman–Crippen MR) is 140 cm³/mol. The molecule has 1 atom stereocenters. The molecule has 0 radical (unpaired) electrons. The first-order valence-corrected chi connectivity index (χ1v) is 13.0. The number of sulfonamides is 1. The second-order valence-corrected chi connectivity index (χ2v) is 11.0. The molecule has 37 heavy (non-hydrogen) atoms. The molecular weight excluding hydrogens is 494 g/mol. The van der Waals surface area contributed by atoms with Crippen LogP contribution in [0.25, 0.3) is 0 Å². The number of amides is 2. The van der Waals surface area contributed by atoms with Gasteiger partial charge in [-0.05, 0) is 74.9 Å². The van der Waals surface area contributed by atoms with Gasteiger partial charge in [0.25, 0.3) is 12.4 Å². The maximum Gasteiger partial charge on any atom is 0.298 e. The van der Waals surface area contributed by atoms with Crippen LogP contribution in [0.5, 0.6) is 5.75 Å². The van der Waals surface area contributed by atoms with Crippen LogP contribution >= 0.6 is 0 Å². The van der Waals surface area contributed by atoms with Gasteiger partial charge in [-0.2, -0.15) is 0 Å². The number of hydrogen-bond acceptors (Lipinski definition) is 6. The van der Waals surface area contributed by atoms with Crippen LogP contribution in [0.3, 0.4) is 0 Å². The maximum atomic E-state index is 13.2. The van der Waals surface area contributed by atoms with Gasteiger partial charge in [0, 0.05) is 23.2 Å². The molecule has 3 rings (SSSR count). The number of rotatable bonds is 10. The normalized spacial score (nSPS) is 12.3. The summed E-state index contributed by atoms with van der Waals surface area (Å²) in [7, 11) is -3.72. The van der Waals surface area contributed by atoms with Crippen molar-refractivity contribution in [2.75, 3.05) is 5.32 Å². The van der Waals surface area contributed by atoms with Crippen LogP contribution in [0.15, 0.2) is 83.8 Å². The fourth-order valence-corrected chi connectivity index (χ4v) is 4.87. The van der Waals surface area contributed by atoms with Crippen LogP contribution in [0.1, 0.15) is 36.7 Å². The third kappa shape index (κ3) is 8.26. The first-order chi connectivity index (χ1) is 17.5. The Kier molecular flexibility index (Phi) is 8.80. The summed E-state index contributed by atoms with van der Waals surface area (Å²) in [6.07, 6.45) is 0.229. The lowest BCUT2D eigenvalue weighted by Crippen LogP contribution is -2.45. The van der Waals surface area contributed by atoms with Crippen LogP contribution in [0.2, 0.25) is 0 Å². The largest absolute Gasteiger partial charge is 0.429 e. The Hall–Kier alpha value is -4.02. The molecular formula is C27H29N3O6S. The van der Waals surface area contributed by atoms with E-state index in [0.29, 0.717) is 12.2 Å². The average molecular weight is 524 g/mol. The average Bonchev–Trinajstić information content (AvgIpc) is 2.84. The van der Waals surface area contributed by atoms with Crippen molar-refractivity contribution < 1.29 is 27.5 Å². The monoisotopic (exact) mass is 523 g/mol. The highest BCUT2D eigenvalue weighted by molar-refractivity contribution is 7.89. The van der Waals surface area contributed by atoms with Crippen LogP contribution in [0, 0.1) is 0 Å². The van der Waals surface area contributed by atoms with Crippen LogP contribution in [0.4, 0.5) is 5.69 Å². The Morgan fingerprint density at radius 2 is 1.54 bits per heavy atom. The van der Waals surface area contributed by atoms with Crippen molar-refractivity contribution in [3.63, 3.8) is 0 Å². The number of carbonyl (C=O) groups is 3. The molecule has 2 amide bonds. The third-order valence-electron chi connectivity index (χ3n) is 5.08. The molecule has 0 heterocycles. The molecule has 10 heteroatoms. The highest BCUT2D eigenvalue weighted by atomic mass is 32.2. The lowest BCUT2D eigenvalue weighted by Gasteiger charge is -2.21. The summed E-state index contributed by atoms with van der Waals surface area (Å²) in [5.41, 5.74) is 0.857. The Morgan fingerprint density at radius 3 is 2.11 bits per heavy atom. The van der Waals surface area contributed by atoms with E-state index in [4.69, 9.17) is 4.74 Å². The number of carbonyl (C=O) groups excluding carboxylic acids is 3. The van der Waals surface area contributed by atoms with Gasteiger partial charge < -0.3 is 15.4 Å². The number of anilines is 1. The van der Waals surface area contributed by atoms with Crippen LogP contribution in [-0.2, 0) is 26.0 Å². The Morgan fingerprint density at radius 1 is 0.919 bits per heavy atom. The number of hydrogen-bond donors (Lipinski definition) is 3. The molecule has 0 bridgehead atoms. The summed E-state index contributed by atoms with van der Waals surface area (Å²) in [5.74, 6) is -0.668. The van der Waals surface area contributed by atoms with E-state index in [1.807, 2.05) is 30.3 Å². The van der Waals surface area contributed by atoms with Crippen molar-refractivity contribution in [3.8, 4) is 5.75 Å². The molecule has 194 valence electrons. The van der Waals surface area contributed by atoms with Gasteiger partial charge >= 0.3 is 0 Å². The van der Waals surface area contributed by atoms with E-state index < -0.39 is 33.4 Å². The highest BCUT2D eigenvalue weighted by Crippen LogP contribution is 2.17. The highest BCUT2D eigenvalue weighted by Gasteiger charge is 2.24. The summed E-state index contributed by atoms with van der Waals surface area (Å²) in [5, 5.41) is 5.49. The SMILES string of the molecule is CC(C)(C)NS(=O)(=O)c1ccc(NC(=O)C(Cc2ccccc2)NC(=O)c2ccc(OC=O)cc2)cc1. The van der Waals surface area contributed by atoms with Gasteiger partial charge in [0.2, 0.25) is 15.9 Å². The van der Waals surface area contributed by atoms with E-state index >= 15 is 0 Å². The molecule has 0 aromatic heterocycles. The topological polar surface area (TPSA) is 131 Å². The van der Waals surface area contributed by atoms with Gasteiger partial charge in [-0.1, -0.05) is 30.3 Å². The molecule has 0 fully saturated rings. The lowest BCUT2D eigenvalue weighted by atomic mass is 10.0. The quantitative estimate of drug-likeness (QED) is 0.350. The molecule has 3 aromatic rings. The van der Waals surface area contributed by atoms with Crippen molar-refractivity contribution in [2.24, 2.45) is 0 Å². The van der Waals surface area contributed by atoms with E-state index in [2.05, 4.69) is 15.4 Å². The zero-order valence-corrected chi connectivity index (χ0v) is 21.5. The zero-order chi connectivity index (χ0) is 27.1. The molecule has 0 saturated carbocycles. The summed E-state index contributed by atoms with van der Waals surface area (Å²) in [6, 6.07) is 20.0. The molecule has 3 N–H and O–H groups in total. The molecule has 0 aliphatic carbocycles. The Bertz CT molecular complexity index is 1330. The molecule has 0 saturated heterocycles. The van der Waals surface area contributed by atoms with Crippen molar-refractivity contribution in [1.29, 1.82) is 0 Å². The first kappa shape index (κ1) is 27.6. The zero-order valence-electron chi connectivity index (χ0n) is 20.7. The van der Waals surface area contributed by atoms with E-state index in [9.17, 15) is 22.8 Å². The Balaban J connectivity index is 1.76. The van der Waals surface area contributed by atoms with Gasteiger partial charge in [0.15, 0.2) is 0 Å². The Labute approximate surface area is 216 Å². The maximum absolute atomic E-state index is 13.2. The molecule has 3 aromatic carbocycles. The second kappa shape index (κ2) is 11.8. The third-order valence-corrected chi connectivity index (χ3v) is 6.85. The fourth-order valence-electron chi connectivity index (χ4n) is 3.45. The molecule has 9 nitrogen and oxygen atoms in total. The number of benzene rings is 3. The minimum atomic E-state index is -3.72. The van der Waals surface area contributed by atoms with E-state index in [1.54, 1.807) is 20.8 Å². The van der Waals surface area contributed by atoms with Crippen molar-refractivity contribution in [1.82, 2.24) is 10.0 Å². The van der Waals surface area contributed by atoms with E-state index in [1.165, 1.54) is 48.5 Å². The molecule has 0 aliphatic rings. The summed E-state index contributed by atoms with van der Waals surface area (Å²) in [4.78, 5) is 36.6. The standard InChI is InChI=1S/C27H29N3O6S/c1-27(2,3)30-37(34,35)23-15-11-21(12-16-23)28-26(33)24(17-19-7-5-4-6-8-19)29-25(32)20-9-13-22(14-10-20)36-18-31/h4-16,18,24,30H,17H2,1-3H3,(H,28,33)(H,29,32). The molecule has 0 spiro atoms. The number of nitrogens with one attached hydrogen (secondary N) is 3. The lowest BCUT2D eigenvalue weighted by molar-refractivity contribution is -0.120. The van der Waals surface area contributed by atoms with Crippen molar-refractivity contribution in [2.45, 2.75) is 43.7 Å². The molecule has 0 aliphatic heterocycles. The summed E-state index contributed by atoms with van der Waals surface area (Å²) < 4.78 is 32.4. The van der Waals surface area contributed by atoms with Crippen LogP contribution in [-0.4, -0.2) is 38.3 Å². The van der Waals surface area contributed by atoms with Crippen molar-refractivity contribution in [3.05, 3.63) is 90.0 Å². The molecule has 1 unspecified atom stereocenters. The van der Waals surface area contributed by atoms with Crippen LogP contribution < -0.4 is 20.1 Å². The van der Waals surface area contributed by atoms with Gasteiger partial charge in [-0.15, -0.1) is 0 Å². The second-order valence-electron chi connectivity index (χ2n) is 9.32. The first-order valence-electron chi connectivity index (χ1n) is 11.5. The predicted octanol–water partition coefficient (Wildman–Crippen LogP) is 3.28. The van der Waals surface area contributed by atoms with Gasteiger partial charge in [-0.3, -0.25) is 14.4 Å². The fraction of sp³-hybridized carbons (Fsp3) is 0.222. The van der Waals surface area contributed by atoms with E-state index in [0.717, 1.165) is 5.56 Å². The van der Waals surface area contributed by atoms with Gasteiger partial charge in [-0.25, -0.2) is 13.1 Å². The van der Waals surface area contributed by atoms with Crippen molar-refractivity contribution >= 4 is 34.0 Å². The van der Waals surface area contributed by atoms with Gasteiger partial charge in [0.05, 0.1) is 4.90 Å². The minimum Gasteiger partial charge on any atom is -0.429 e. The summed E-state index contributed by atoms with van der Waals surface area (Å²) in [6.45, 7) is 5.52. The number of ether oxygens (including phenoxy) is 1. The minimum absolute atomic E-state index is 0.0663. The van der Waals surface area contributed by atoms with E-state index in [-0.39, 0.29) is 22.6 Å².